The highest BCUT2D eigenvalue weighted by Gasteiger charge is 2.22. The lowest BCUT2D eigenvalue weighted by molar-refractivity contribution is 0.0801. The van der Waals surface area contributed by atoms with Gasteiger partial charge in [0.15, 0.2) is 0 Å². The Balaban J connectivity index is 1.64. The molecule has 1 atom stereocenters. The molecule has 3 rings (SSSR count). The van der Waals surface area contributed by atoms with Crippen molar-refractivity contribution in [3.63, 3.8) is 0 Å². The van der Waals surface area contributed by atoms with Crippen LogP contribution in [0.5, 0.6) is 0 Å². The summed E-state index contributed by atoms with van der Waals surface area (Å²) in [5, 5.41) is 0. The van der Waals surface area contributed by atoms with Gasteiger partial charge in [0.25, 0.3) is 5.91 Å². The summed E-state index contributed by atoms with van der Waals surface area (Å²) in [7, 11) is 1.90. The van der Waals surface area contributed by atoms with E-state index in [0.29, 0.717) is 0 Å². The van der Waals surface area contributed by atoms with Gasteiger partial charge in [0.1, 0.15) is 0 Å². The zero-order valence-electron chi connectivity index (χ0n) is 13.4. The zero-order valence-corrected chi connectivity index (χ0v) is 15.0. The summed E-state index contributed by atoms with van der Waals surface area (Å²) in [6.07, 6.45) is 4.41. The van der Waals surface area contributed by atoms with Crippen molar-refractivity contribution in [1.29, 1.82) is 0 Å². The summed E-state index contributed by atoms with van der Waals surface area (Å²) in [5.74, 6) is 0.909. The van der Waals surface area contributed by atoms with Crippen LogP contribution in [0.3, 0.4) is 0 Å². The lowest BCUT2D eigenvalue weighted by Crippen LogP contribution is -2.28. The number of thiophene rings is 1. The highest BCUT2D eigenvalue weighted by Crippen LogP contribution is 2.32. The lowest BCUT2D eigenvalue weighted by Gasteiger charge is -2.16. The summed E-state index contributed by atoms with van der Waals surface area (Å²) in [5.41, 5.74) is 4.37. The number of likely N-dealkylation sites (N-methyl/N-ethyl adjacent to an activating group) is 1. The predicted molar refractivity (Wildman–Crippen MR) is 93.0 cm³/mol. The first-order valence-corrected chi connectivity index (χ1v) is 9.50. The molecule has 1 amide bonds. The molecule has 22 heavy (non-hydrogen) atoms. The van der Waals surface area contributed by atoms with Gasteiger partial charge in [-0.05, 0) is 43.7 Å². The van der Waals surface area contributed by atoms with Gasteiger partial charge in [-0.2, -0.15) is 0 Å². The molecule has 0 N–H and O–H groups in total. The van der Waals surface area contributed by atoms with Crippen LogP contribution in [0.25, 0.3) is 0 Å². The number of carbonyl (C=O) groups is 1. The van der Waals surface area contributed by atoms with Gasteiger partial charge in [-0.3, -0.25) is 4.79 Å². The van der Waals surface area contributed by atoms with Gasteiger partial charge in [-0.15, -0.1) is 22.7 Å². The van der Waals surface area contributed by atoms with Gasteiger partial charge in [-0.25, -0.2) is 4.98 Å². The Labute approximate surface area is 140 Å². The SMILES string of the molecule is Cc1ncsc1CCN(C)C(=O)c1cc2c(s1)CCC(C)C2. The fourth-order valence-corrected chi connectivity index (χ4v) is 4.91. The summed E-state index contributed by atoms with van der Waals surface area (Å²) in [6, 6.07) is 2.13. The van der Waals surface area contributed by atoms with Gasteiger partial charge in [0, 0.05) is 29.8 Å². The van der Waals surface area contributed by atoms with E-state index < -0.39 is 0 Å². The molecule has 1 unspecified atom stereocenters. The van der Waals surface area contributed by atoms with Crippen LogP contribution >= 0.6 is 22.7 Å². The van der Waals surface area contributed by atoms with E-state index in [4.69, 9.17) is 0 Å². The van der Waals surface area contributed by atoms with Crippen molar-refractivity contribution in [1.82, 2.24) is 9.88 Å². The summed E-state index contributed by atoms with van der Waals surface area (Å²) in [4.78, 5) is 22.3. The Morgan fingerprint density at radius 3 is 3.05 bits per heavy atom. The highest BCUT2D eigenvalue weighted by atomic mass is 32.1. The maximum absolute atomic E-state index is 12.6. The van der Waals surface area contributed by atoms with E-state index in [1.165, 1.54) is 21.7 Å². The number of carbonyl (C=O) groups excluding carboxylic acids is 1. The fraction of sp³-hybridized carbons (Fsp3) is 0.529. The van der Waals surface area contributed by atoms with E-state index in [1.807, 2.05) is 24.4 Å². The molecule has 0 aromatic carbocycles. The molecule has 1 aliphatic carbocycles. The minimum Gasteiger partial charge on any atom is -0.341 e. The van der Waals surface area contributed by atoms with Gasteiger partial charge >= 0.3 is 0 Å². The van der Waals surface area contributed by atoms with E-state index in [1.54, 1.807) is 22.7 Å². The van der Waals surface area contributed by atoms with E-state index in [9.17, 15) is 4.79 Å². The first-order chi connectivity index (χ1) is 10.5. The molecule has 3 nitrogen and oxygen atoms in total. The Morgan fingerprint density at radius 2 is 2.32 bits per heavy atom. The molecular formula is C17H22N2OS2. The molecule has 0 spiro atoms. The second kappa shape index (κ2) is 6.50. The maximum atomic E-state index is 12.6. The molecule has 1 aliphatic rings. The zero-order chi connectivity index (χ0) is 15.7. The van der Waals surface area contributed by atoms with Crippen molar-refractivity contribution in [2.75, 3.05) is 13.6 Å². The fourth-order valence-electron chi connectivity index (χ4n) is 2.94. The van der Waals surface area contributed by atoms with Crippen LogP contribution in [0.4, 0.5) is 0 Å². The van der Waals surface area contributed by atoms with Crippen molar-refractivity contribution in [2.45, 2.75) is 39.5 Å². The van der Waals surface area contributed by atoms with E-state index >= 15 is 0 Å². The number of aryl methyl sites for hydroxylation is 2. The normalized spacial score (nSPS) is 17.3. The molecule has 118 valence electrons. The Morgan fingerprint density at radius 1 is 1.50 bits per heavy atom. The number of hydrogen-bond donors (Lipinski definition) is 0. The van der Waals surface area contributed by atoms with Gasteiger partial charge < -0.3 is 4.90 Å². The largest absolute Gasteiger partial charge is 0.341 e. The van der Waals surface area contributed by atoms with Crippen molar-refractivity contribution >= 4 is 28.6 Å². The average molecular weight is 335 g/mol. The molecule has 0 fully saturated rings. The third-order valence-corrected chi connectivity index (χ3v) is 6.63. The molecule has 2 aromatic heterocycles. The summed E-state index contributed by atoms with van der Waals surface area (Å²) < 4.78 is 0. The number of thiazole rings is 1. The monoisotopic (exact) mass is 334 g/mol. The summed E-state index contributed by atoms with van der Waals surface area (Å²) >= 11 is 3.37. The van der Waals surface area contributed by atoms with Crippen LogP contribution in [-0.4, -0.2) is 29.4 Å². The van der Waals surface area contributed by atoms with Crippen molar-refractivity contribution in [3.05, 3.63) is 37.5 Å². The second-order valence-corrected chi connectivity index (χ2v) is 8.32. The Kier molecular flexibility index (Phi) is 4.64. The molecule has 2 aromatic rings. The van der Waals surface area contributed by atoms with Crippen molar-refractivity contribution in [3.8, 4) is 0 Å². The number of amides is 1. The van der Waals surface area contributed by atoms with E-state index in [2.05, 4.69) is 18.0 Å². The molecule has 0 aliphatic heterocycles. The summed E-state index contributed by atoms with van der Waals surface area (Å²) in [6.45, 7) is 5.08. The number of nitrogens with zero attached hydrogens (tertiary/aromatic N) is 2. The Hall–Kier alpha value is -1.20. The molecule has 0 saturated carbocycles. The average Bonchev–Trinajstić information content (AvgIpc) is 3.09. The van der Waals surface area contributed by atoms with Crippen LogP contribution < -0.4 is 0 Å². The molecule has 0 radical (unpaired) electrons. The quantitative estimate of drug-likeness (QED) is 0.848. The topological polar surface area (TPSA) is 33.2 Å². The predicted octanol–water partition coefficient (Wildman–Crippen LogP) is 3.95. The van der Waals surface area contributed by atoms with Crippen LogP contribution in [0.1, 0.15) is 44.0 Å². The molecule has 0 bridgehead atoms. The third-order valence-electron chi connectivity index (χ3n) is 4.41. The van der Waals surface area contributed by atoms with Gasteiger partial charge in [0.05, 0.1) is 16.1 Å². The molecule has 0 saturated heterocycles. The van der Waals surface area contributed by atoms with Crippen molar-refractivity contribution in [2.24, 2.45) is 5.92 Å². The second-order valence-electron chi connectivity index (χ2n) is 6.24. The highest BCUT2D eigenvalue weighted by molar-refractivity contribution is 7.14. The number of hydrogen-bond acceptors (Lipinski definition) is 4. The lowest BCUT2D eigenvalue weighted by atomic mass is 9.90. The standard InChI is InChI=1S/C17H22N2OS2/c1-11-4-5-15-13(8-11)9-16(22-15)17(20)19(3)7-6-14-12(2)18-10-21-14/h9-11H,4-8H2,1-3H3. The van der Waals surface area contributed by atoms with Crippen LogP contribution in [0.15, 0.2) is 11.6 Å². The minimum atomic E-state index is 0.161. The van der Waals surface area contributed by atoms with Crippen LogP contribution in [0, 0.1) is 12.8 Å². The maximum Gasteiger partial charge on any atom is 0.263 e. The van der Waals surface area contributed by atoms with E-state index in [0.717, 1.165) is 42.3 Å². The first kappa shape index (κ1) is 15.7. The van der Waals surface area contributed by atoms with Crippen LogP contribution in [0.2, 0.25) is 0 Å². The molecular weight excluding hydrogens is 312 g/mol. The number of aromatic nitrogens is 1. The molecule has 5 heteroatoms. The number of rotatable bonds is 4. The molecule has 2 heterocycles. The minimum absolute atomic E-state index is 0.161. The third kappa shape index (κ3) is 3.25. The van der Waals surface area contributed by atoms with Gasteiger partial charge in [0.2, 0.25) is 0 Å². The first-order valence-electron chi connectivity index (χ1n) is 7.80. The van der Waals surface area contributed by atoms with E-state index in [-0.39, 0.29) is 5.91 Å². The van der Waals surface area contributed by atoms with Crippen LogP contribution in [-0.2, 0) is 19.3 Å². The Bertz CT molecular complexity index is 674. The smallest absolute Gasteiger partial charge is 0.263 e. The number of fused-ring (bicyclic) bond motifs is 1. The van der Waals surface area contributed by atoms with Crippen molar-refractivity contribution < 1.29 is 4.79 Å². The van der Waals surface area contributed by atoms with Gasteiger partial charge in [-0.1, -0.05) is 6.92 Å².